The molecule has 0 aliphatic heterocycles. The second kappa shape index (κ2) is 6.80. The van der Waals surface area contributed by atoms with E-state index in [1.54, 1.807) is 30.3 Å². The van der Waals surface area contributed by atoms with Crippen molar-refractivity contribution < 1.29 is 23.5 Å². The summed E-state index contributed by atoms with van der Waals surface area (Å²) in [4.78, 5) is 23.2. The number of carboxylic acid groups (broad SMARTS) is 1. The molecule has 0 spiro atoms. The van der Waals surface area contributed by atoms with E-state index < -0.39 is 35.1 Å². The molecule has 0 saturated heterocycles. The molecule has 0 radical (unpaired) electrons. The second-order valence-corrected chi connectivity index (χ2v) is 4.68. The topological polar surface area (TPSA) is 66.4 Å². The van der Waals surface area contributed by atoms with Crippen molar-refractivity contribution in [1.82, 2.24) is 5.32 Å². The van der Waals surface area contributed by atoms with Crippen molar-refractivity contribution in [2.45, 2.75) is 12.5 Å². The molecule has 1 atom stereocenters. The molecule has 2 aromatic rings. The van der Waals surface area contributed by atoms with E-state index in [2.05, 4.69) is 5.32 Å². The van der Waals surface area contributed by atoms with Crippen LogP contribution in [-0.2, 0) is 11.2 Å². The summed E-state index contributed by atoms with van der Waals surface area (Å²) in [5, 5.41) is 11.4. The fraction of sp³-hybridized carbons (Fsp3) is 0.125. The van der Waals surface area contributed by atoms with E-state index in [1.165, 1.54) is 0 Å². The predicted octanol–water partition coefficient (Wildman–Crippen LogP) is 2.39. The average Bonchev–Trinajstić information content (AvgIpc) is 2.47. The molecule has 0 bridgehead atoms. The Balaban J connectivity index is 2.14. The number of aliphatic carboxylic acids is 1. The molecule has 4 nitrogen and oxygen atoms in total. The molecule has 0 heterocycles. The molecule has 0 aliphatic rings. The lowest BCUT2D eigenvalue weighted by atomic mass is 10.1. The number of halogens is 2. The van der Waals surface area contributed by atoms with Gasteiger partial charge in [0.25, 0.3) is 5.91 Å². The number of carbonyl (C=O) groups is 2. The van der Waals surface area contributed by atoms with Gasteiger partial charge in [-0.2, -0.15) is 0 Å². The van der Waals surface area contributed by atoms with Gasteiger partial charge in [-0.3, -0.25) is 4.79 Å². The molecule has 1 unspecified atom stereocenters. The van der Waals surface area contributed by atoms with Gasteiger partial charge in [-0.1, -0.05) is 30.3 Å². The number of nitrogens with one attached hydrogen (secondary N) is 1. The van der Waals surface area contributed by atoms with Gasteiger partial charge in [0.15, 0.2) is 0 Å². The van der Waals surface area contributed by atoms with Crippen molar-refractivity contribution in [3.05, 3.63) is 71.3 Å². The molecular weight excluding hydrogens is 292 g/mol. The van der Waals surface area contributed by atoms with Crippen molar-refractivity contribution in [3.63, 3.8) is 0 Å². The highest BCUT2D eigenvalue weighted by molar-refractivity contribution is 5.96. The van der Waals surface area contributed by atoms with Crippen LogP contribution in [0.4, 0.5) is 8.78 Å². The summed E-state index contributed by atoms with van der Waals surface area (Å²) in [6.07, 6.45) is 0.0602. The summed E-state index contributed by atoms with van der Waals surface area (Å²) in [5.41, 5.74) is 0.315. The maximum Gasteiger partial charge on any atom is 0.326 e. The Morgan fingerprint density at radius 1 is 1.09 bits per heavy atom. The SMILES string of the molecule is O=C(NC(Cc1ccccc1)C(=O)O)c1ccc(F)cc1F. The third kappa shape index (κ3) is 3.88. The Kier molecular flexibility index (Phi) is 4.83. The Morgan fingerprint density at radius 2 is 1.77 bits per heavy atom. The first kappa shape index (κ1) is 15.6. The van der Waals surface area contributed by atoms with Gasteiger partial charge < -0.3 is 10.4 Å². The zero-order valence-corrected chi connectivity index (χ0v) is 11.4. The van der Waals surface area contributed by atoms with Gasteiger partial charge in [0.2, 0.25) is 0 Å². The van der Waals surface area contributed by atoms with Crippen molar-refractivity contribution >= 4 is 11.9 Å². The lowest BCUT2D eigenvalue weighted by molar-refractivity contribution is -0.139. The maximum absolute atomic E-state index is 13.5. The fourth-order valence-corrected chi connectivity index (χ4v) is 1.96. The molecule has 2 rings (SSSR count). The van der Waals surface area contributed by atoms with Crippen LogP contribution in [0.3, 0.4) is 0 Å². The lowest BCUT2D eigenvalue weighted by Crippen LogP contribution is -2.42. The molecular formula is C16H13F2NO3. The van der Waals surface area contributed by atoms with Gasteiger partial charge in [0.05, 0.1) is 5.56 Å². The molecule has 0 fully saturated rings. The van der Waals surface area contributed by atoms with E-state index in [0.29, 0.717) is 6.07 Å². The van der Waals surface area contributed by atoms with Gasteiger partial charge in [-0.25, -0.2) is 13.6 Å². The summed E-state index contributed by atoms with van der Waals surface area (Å²) >= 11 is 0. The number of benzene rings is 2. The van der Waals surface area contributed by atoms with E-state index >= 15 is 0 Å². The monoisotopic (exact) mass is 305 g/mol. The Bertz CT molecular complexity index is 689. The first-order valence-electron chi connectivity index (χ1n) is 6.50. The number of rotatable bonds is 5. The van der Waals surface area contributed by atoms with Gasteiger partial charge >= 0.3 is 5.97 Å². The largest absolute Gasteiger partial charge is 0.480 e. The Hall–Kier alpha value is -2.76. The average molecular weight is 305 g/mol. The van der Waals surface area contributed by atoms with Crippen LogP contribution in [0.2, 0.25) is 0 Å². The van der Waals surface area contributed by atoms with Crippen molar-refractivity contribution in [2.24, 2.45) is 0 Å². The van der Waals surface area contributed by atoms with E-state index in [0.717, 1.165) is 17.7 Å². The summed E-state index contributed by atoms with van der Waals surface area (Å²) in [6.45, 7) is 0. The number of hydrogen-bond acceptors (Lipinski definition) is 2. The van der Waals surface area contributed by atoms with Crippen molar-refractivity contribution in [2.75, 3.05) is 0 Å². The first-order valence-corrected chi connectivity index (χ1v) is 6.50. The van der Waals surface area contributed by atoms with E-state index in [1.807, 2.05) is 0 Å². The van der Waals surface area contributed by atoms with Crippen LogP contribution in [0, 0.1) is 11.6 Å². The van der Waals surface area contributed by atoms with Gasteiger partial charge in [-0.15, -0.1) is 0 Å². The van der Waals surface area contributed by atoms with Crippen LogP contribution in [0.5, 0.6) is 0 Å². The van der Waals surface area contributed by atoms with Crippen LogP contribution in [-0.4, -0.2) is 23.0 Å². The molecule has 22 heavy (non-hydrogen) atoms. The first-order chi connectivity index (χ1) is 10.5. The fourth-order valence-electron chi connectivity index (χ4n) is 1.96. The van der Waals surface area contributed by atoms with Crippen molar-refractivity contribution in [3.8, 4) is 0 Å². The minimum absolute atomic E-state index is 0.0602. The van der Waals surface area contributed by atoms with Gasteiger partial charge in [-0.05, 0) is 17.7 Å². The molecule has 2 N–H and O–H groups in total. The number of amides is 1. The summed E-state index contributed by atoms with van der Waals surface area (Å²) in [5.74, 6) is -3.99. The molecule has 0 aliphatic carbocycles. The van der Waals surface area contributed by atoms with Gasteiger partial charge in [0.1, 0.15) is 17.7 Å². The highest BCUT2D eigenvalue weighted by Gasteiger charge is 2.22. The van der Waals surface area contributed by atoms with Crippen molar-refractivity contribution in [1.29, 1.82) is 0 Å². The quantitative estimate of drug-likeness (QED) is 0.891. The number of carboxylic acids is 1. The predicted molar refractivity (Wildman–Crippen MR) is 75.4 cm³/mol. The normalized spacial score (nSPS) is 11.7. The maximum atomic E-state index is 13.5. The number of carbonyl (C=O) groups excluding carboxylic acids is 1. The lowest BCUT2D eigenvalue weighted by Gasteiger charge is -2.15. The van der Waals surface area contributed by atoms with Crippen LogP contribution < -0.4 is 5.32 Å². The van der Waals surface area contributed by atoms with Gasteiger partial charge in [0, 0.05) is 12.5 Å². The smallest absolute Gasteiger partial charge is 0.326 e. The highest BCUT2D eigenvalue weighted by Crippen LogP contribution is 2.10. The molecule has 2 aromatic carbocycles. The highest BCUT2D eigenvalue weighted by atomic mass is 19.1. The third-order valence-electron chi connectivity index (χ3n) is 3.06. The van der Waals surface area contributed by atoms with Crippen LogP contribution >= 0.6 is 0 Å². The number of hydrogen-bond donors (Lipinski definition) is 2. The van der Waals surface area contributed by atoms with E-state index in [4.69, 9.17) is 0 Å². The zero-order chi connectivity index (χ0) is 16.1. The van der Waals surface area contributed by atoms with E-state index in [9.17, 15) is 23.5 Å². The molecule has 0 saturated carbocycles. The molecule has 0 aromatic heterocycles. The van der Waals surface area contributed by atoms with Crippen LogP contribution in [0.1, 0.15) is 15.9 Å². The minimum atomic E-state index is -1.24. The second-order valence-electron chi connectivity index (χ2n) is 4.68. The standard InChI is InChI=1S/C16H13F2NO3/c17-11-6-7-12(13(18)9-11)15(20)19-14(16(21)22)8-10-4-2-1-3-5-10/h1-7,9,14H,8H2,(H,19,20)(H,21,22). The zero-order valence-electron chi connectivity index (χ0n) is 11.4. The van der Waals surface area contributed by atoms with Crippen LogP contribution in [0.15, 0.2) is 48.5 Å². The Morgan fingerprint density at radius 3 is 2.36 bits per heavy atom. The molecule has 114 valence electrons. The van der Waals surface area contributed by atoms with Crippen LogP contribution in [0.25, 0.3) is 0 Å². The molecule has 6 heteroatoms. The summed E-state index contributed by atoms with van der Waals surface area (Å²) in [6, 6.07) is 9.99. The van der Waals surface area contributed by atoms with E-state index in [-0.39, 0.29) is 6.42 Å². The summed E-state index contributed by atoms with van der Waals surface area (Å²) in [7, 11) is 0. The summed E-state index contributed by atoms with van der Waals surface area (Å²) < 4.78 is 26.4. The Labute approximate surface area is 125 Å². The molecule has 1 amide bonds. The minimum Gasteiger partial charge on any atom is -0.480 e. The third-order valence-corrected chi connectivity index (χ3v) is 3.06.